The third kappa shape index (κ3) is 3.47. The smallest absolute Gasteiger partial charge is 0.262 e. The van der Waals surface area contributed by atoms with E-state index in [1.165, 1.54) is 11.3 Å². The van der Waals surface area contributed by atoms with Gasteiger partial charge in [0.1, 0.15) is 4.88 Å². The lowest BCUT2D eigenvalue weighted by molar-refractivity contribution is 0.0934. The summed E-state index contributed by atoms with van der Waals surface area (Å²) in [5.74, 6) is 0.781. The summed E-state index contributed by atoms with van der Waals surface area (Å²) in [6, 6.07) is 1.96. The highest BCUT2D eigenvalue weighted by Gasteiger charge is 2.17. The van der Waals surface area contributed by atoms with Gasteiger partial charge in [0.2, 0.25) is 0 Å². The van der Waals surface area contributed by atoms with Crippen molar-refractivity contribution < 1.29 is 4.79 Å². The van der Waals surface area contributed by atoms with Gasteiger partial charge in [-0.15, -0.1) is 22.9 Å². The van der Waals surface area contributed by atoms with Crippen molar-refractivity contribution in [3.63, 3.8) is 0 Å². The Balaban J connectivity index is 2.60. The van der Waals surface area contributed by atoms with Gasteiger partial charge in [0, 0.05) is 16.4 Å². The Morgan fingerprint density at radius 1 is 1.67 bits per heavy atom. The largest absolute Gasteiger partial charge is 0.349 e. The van der Waals surface area contributed by atoms with Crippen molar-refractivity contribution in [2.45, 2.75) is 19.9 Å². The maximum atomic E-state index is 11.8. The number of halogens is 2. The van der Waals surface area contributed by atoms with Gasteiger partial charge < -0.3 is 5.32 Å². The molecule has 2 unspecified atom stereocenters. The van der Waals surface area contributed by atoms with Crippen LogP contribution in [0.1, 0.15) is 23.5 Å². The third-order valence-corrected chi connectivity index (χ3v) is 4.60. The molecule has 0 radical (unpaired) electrons. The van der Waals surface area contributed by atoms with Crippen molar-refractivity contribution in [2.24, 2.45) is 5.92 Å². The van der Waals surface area contributed by atoms with Crippen LogP contribution in [0.4, 0.5) is 0 Å². The lowest BCUT2D eigenvalue weighted by atomic mass is 10.1. The zero-order valence-corrected chi connectivity index (χ0v) is 11.7. The summed E-state index contributed by atoms with van der Waals surface area (Å²) in [5.41, 5.74) is 0. The number of hydrogen-bond acceptors (Lipinski definition) is 2. The van der Waals surface area contributed by atoms with E-state index in [1.54, 1.807) is 0 Å². The molecule has 0 aliphatic carbocycles. The van der Waals surface area contributed by atoms with Crippen LogP contribution in [0.25, 0.3) is 0 Å². The first-order chi connectivity index (χ1) is 7.06. The van der Waals surface area contributed by atoms with Crippen molar-refractivity contribution in [2.75, 3.05) is 5.88 Å². The van der Waals surface area contributed by atoms with Gasteiger partial charge in [-0.05, 0) is 40.2 Å². The van der Waals surface area contributed by atoms with Crippen molar-refractivity contribution >= 4 is 44.8 Å². The zero-order valence-electron chi connectivity index (χ0n) is 8.59. The molecule has 2 atom stereocenters. The summed E-state index contributed by atoms with van der Waals surface area (Å²) in [4.78, 5) is 12.5. The molecule has 0 aliphatic heterocycles. The van der Waals surface area contributed by atoms with E-state index in [9.17, 15) is 4.79 Å². The van der Waals surface area contributed by atoms with Crippen LogP contribution in [0.2, 0.25) is 0 Å². The van der Waals surface area contributed by atoms with Gasteiger partial charge in [-0.25, -0.2) is 0 Å². The SMILES string of the molecule is CC(CCl)C(C)NC(=O)c1sccc1Br. The normalized spacial score (nSPS) is 14.7. The molecule has 2 nitrogen and oxygen atoms in total. The maximum Gasteiger partial charge on any atom is 0.262 e. The first-order valence-electron chi connectivity index (χ1n) is 4.66. The number of amides is 1. The van der Waals surface area contributed by atoms with E-state index in [0.717, 1.165) is 4.47 Å². The Labute approximate surface area is 107 Å². The van der Waals surface area contributed by atoms with Crippen LogP contribution in [0, 0.1) is 5.92 Å². The summed E-state index contributed by atoms with van der Waals surface area (Å²) in [7, 11) is 0. The molecule has 1 N–H and O–H groups in total. The van der Waals surface area contributed by atoms with Gasteiger partial charge in [0.25, 0.3) is 5.91 Å². The van der Waals surface area contributed by atoms with Crippen LogP contribution < -0.4 is 5.32 Å². The fraction of sp³-hybridized carbons (Fsp3) is 0.500. The van der Waals surface area contributed by atoms with E-state index >= 15 is 0 Å². The standard InChI is InChI=1S/C10H13BrClNOS/c1-6(5-12)7(2)13-10(14)9-8(11)3-4-15-9/h3-4,6-7H,5H2,1-2H3,(H,13,14). The number of rotatable bonds is 4. The monoisotopic (exact) mass is 309 g/mol. The number of carbonyl (C=O) groups is 1. The van der Waals surface area contributed by atoms with Crippen molar-refractivity contribution in [1.29, 1.82) is 0 Å². The molecule has 1 aromatic rings. The summed E-state index contributed by atoms with van der Waals surface area (Å²) in [5, 5.41) is 4.81. The van der Waals surface area contributed by atoms with E-state index in [0.29, 0.717) is 10.8 Å². The Morgan fingerprint density at radius 2 is 2.33 bits per heavy atom. The van der Waals surface area contributed by atoms with Crippen LogP contribution in [-0.2, 0) is 0 Å². The second-order valence-corrected chi connectivity index (χ2v) is 5.57. The van der Waals surface area contributed by atoms with Crippen LogP contribution in [0.5, 0.6) is 0 Å². The Hall–Kier alpha value is -0.0600. The lowest BCUT2D eigenvalue weighted by Gasteiger charge is -2.18. The van der Waals surface area contributed by atoms with E-state index in [4.69, 9.17) is 11.6 Å². The molecule has 0 aromatic carbocycles. The van der Waals surface area contributed by atoms with Gasteiger partial charge in [-0.1, -0.05) is 6.92 Å². The summed E-state index contributed by atoms with van der Waals surface area (Å²) < 4.78 is 0.843. The van der Waals surface area contributed by atoms with Gasteiger partial charge in [-0.2, -0.15) is 0 Å². The Kier molecular flexibility index (Phi) is 5.09. The van der Waals surface area contributed by atoms with E-state index < -0.39 is 0 Å². The summed E-state index contributed by atoms with van der Waals surface area (Å²) in [6.07, 6.45) is 0. The molecule has 84 valence electrons. The fourth-order valence-corrected chi connectivity index (χ4v) is 2.73. The van der Waals surface area contributed by atoms with Crippen molar-refractivity contribution in [3.8, 4) is 0 Å². The quantitative estimate of drug-likeness (QED) is 0.847. The minimum atomic E-state index is -0.0404. The molecule has 0 spiro atoms. The minimum absolute atomic E-state index is 0.0404. The first-order valence-corrected chi connectivity index (χ1v) is 6.86. The number of alkyl halides is 1. The van der Waals surface area contributed by atoms with Crippen molar-refractivity contribution in [1.82, 2.24) is 5.32 Å². The highest BCUT2D eigenvalue weighted by atomic mass is 79.9. The molecule has 0 aliphatic rings. The van der Waals surface area contributed by atoms with E-state index in [-0.39, 0.29) is 17.9 Å². The van der Waals surface area contributed by atoms with Crippen LogP contribution in [0.3, 0.4) is 0 Å². The number of thiophene rings is 1. The predicted octanol–water partition coefficient (Wildman–Crippen LogP) is 3.50. The Morgan fingerprint density at radius 3 is 2.80 bits per heavy atom. The molecule has 15 heavy (non-hydrogen) atoms. The number of nitrogens with one attached hydrogen (secondary N) is 1. The average molecular weight is 311 g/mol. The second kappa shape index (κ2) is 5.87. The number of hydrogen-bond donors (Lipinski definition) is 1. The van der Waals surface area contributed by atoms with Gasteiger partial charge in [0.05, 0.1) is 0 Å². The third-order valence-electron chi connectivity index (χ3n) is 2.28. The molecular formula is C10H13BrClNOS. The molecule has 0 fully saturated rings. The predicted molar refractivity (Wildman–Crippen MR) is 68.8 cm³/mol. The molecule has 0 saturated carbocycles. The molecule has 1 amide bonds. The summed E-state index contributed by atoms with van der Waals surface area (Å²) in [6.45, 7) is 3.98. The summed E-state index contributed by atoms with van der Waals surface area (Å²) >= 11 is 10.5. The van der Waals surface area contributed by atoms with Crippen LogP contribution in [-0.4, -0.2) is 17.8 Å². The average Bonchev–Trinajstić information content (AvgIpc) is 2.63. The zero-order chi connectivity index (χ0) is 11.4. The Bertz CT molecular complexity index is 342. The lowest BCUT2D eigenvalue weighted by Crippen LogP contribution is -2.37. The van der Waals surface area contributed by atoms with Crippen LogP contribution in [0.15, 0.2) is 15.9 Å². The second-order valence-electron chi connectivity index (χ2n) is 3.49. The van der Waals surface area contributed by atoms with Gasteiger partial charge in [0.15, 0.2) is 0 Å². The fourth-order valence-electron chi connectivity index (χ4n) is 1.00. The minimum Gasteiger partial charge on any atom is -0.349 e. The highest BCUT2D eigenvalue weighted by molar-refractivity contribution is 9.10. The van der Waals surface area contributed by atoms with E-state index in [1.807, 2.05) is 25.3 Å². The topological polar surface area (TPSA) is 29.1 Å². The van der Waals surface area contributed by atoms with Gasteiger partial charge >= 0.3 is 0 Å². The number of carbonyl (C=O) groups excluding carboxylic acids is 1. The molecule has 0 bridgehead atoms. The molecule has 0 saturated heterocycles. The molecule has 1 rings (SSSR count). The highest BCUT2D eigenvalue weighted by Crippen LogP contribution is 2.22. The maximum absolute atomic E-state index is 11.8. The van der Waals surface area contributed by atoms with Crippen LogP contribution >= 0.6 is 38.9 Å². The molecule has 5 heteroatoms. The van der Waals surface area contributed by atoms with E-state index in [2.05, 4.69) is 21.2 Å². The molecular weight excluding hydrogens is 298 g/mol. The molecule has 1 heterocycles. The molecule has 1 aromatic heterocycles. The van der Waals surface area contributed by atoms with Crippen molar-refractivity contribution in [3.05, 3.63) is 20.8 Å². The first kappa shape index (κ1) is 13.0. The van der Waals surface area contributed by atoms with Gasteiger partial charge in [-0.3, -0.25) is 4.79 Å².